The Balaban J connectivity index is 1.44. The number of nitrogens with zero attached hydrogens (tertiary/aromatic N) is 1. The molecule has 7 heteroatoms. The average molecular weight is 375 g/mol. The number of hydrazine groups is 1. The molecule has 5 nitrogen and oxygen atoms in total. The number of hydrogen-bond acceptors (Lipinski definition) is 4. The zero-order valence-corrected chi connectivity index (χ0v) is 15.6. The van der Waals surface area contributed by atoms with Gasteiger partial charge in [-0.1, -0.05) is 37.5 Å². The highest BCUT2D eigenvalue weighted by Crippen LogP contribution is 2.25. The van der Waals surface area contributed by atoms with Crippen LogP contribution in [0.2, 0.25) is 0 Å². The maximum atomic E-state index is 12.0. The lowest BCUT2D eigenvalue weighted by Gasteiger charge is -2.24. The van der Waals surface area contributed by atoms with Crippen molar-refractivity contribution in [3.63, 3.8) is 0 Å². The van der Waals surface area contributed by atoms with Crippen molar-refractivity contribution >= 4 is 45.9 Å². The molecule has 2 aromatic rings. The van der Waals surface area contributed by atoms with E-state index in [1.165, 1.54) is 31.0 Å². The van der Waals surface area contributed by atoms with E-state index >= 15 is 0 Å². The van der Waals surface area contributed by atoms with Crippen LogP contribution in [0.25, 0.3) is 10.9 Å². The van der Waals surface area contributed by atoms with E-state index in [-0.39, 0.29) is 5.91 Å². The molecule has 0 saturated heterocycles. The highest BCUT2D eigenvalue weighted by molar-refractivity contribution is 8.00. The third-order valence-electron chi connectivity index (χ3n) is 4.21. The average Bonchev–Trinajstić information content (AvgIpc) is 2.65. The Morgan fingerprint density at radius 2 is 1.96 bits per heavy atom. The fourth-order valence-corrected chi connectivity index (χ4v) is 4.03. The molecule has 1 saturated carbocycles. The summed E-state index contributed by atoms with van der Waals surface area (Å²) in [4.78, 5) is 17.4. The second-order valence-corrected chi connectivity index (χ2v) is 7.53. The molecular formula is C18H22N4OS2. The van der Waals surface area contributed by atoms with Crippen LogP contribution in [-0.2, 0) is 4.79 Å². The van der Waals surface area contributed by atoms with Crippen molar-refractivity contribution in [1.29, 1.82) is 0 Å². The van der Waals surface area contributed by atoms with Crippen LogP contribution in [0.3, 0.4) is 0 Å². The number of thioether (sulfide) groups is 1. The number of para-hydroxylation sites is 1. The van der Waals surface area contributed by atoms with Crippen molar-refractivity contribution in [3.8, 4) is 0 Å². The number of thiocarbonyl (C=S) groups is 1. The minimum absolute atomic E-state index is 0.120. The van der Waals surface area contributed by atoms with Gasteiger partial charge in [-0.05, 0) is 37.2 Å². The van der Waals surface area contributed by atoms with Gasteiger partial charge in [0.05, 0.1) is 11.3 Å². The SMILES string of the molecule is O=C(CSc1cccc2cccnc12)NNC(=S)NC1CCCCC1. The Kier molecular flexibility index (Phi) is 6.47. The Morgan fingerprint density at radius 1 is 1.16 bits per heavy atom. The highest BCUT2D eigenvalue weighted by Gasteiger charge is 2.14. The first-order valence-electron chi connectivity index (χ1n) is 8.54. The first-order chi connectivity index (χ1) is 12.2. The minimum atomic E-state index is -0.120. The summed E-state index contributed by atoms with van der Waals surface area (Å²) in [5.74, 6) is 0.181. The molecule has 0 atom stereocenters. The molecule has 25 heavy (non-hydrogen) atoms. The molecule has 1 aliphatic rings. The van der Waals surface area contributed by atoms with Crippen LogP contribution in [0.4, 0.5) is 0 Å². The van der Waals surface area contributed by atoms with E-state index < -0.39 is 0 Å². The van der Waals surface area contributed by atoms with Gasteiger partial charge in [-0.25, -0.2) is 0 Å². The van der Waals surface area contributed by atoms with E-state index in [1.807, 2.05) is 30.3 Å². The lowest BCUT2D eigenvalue weighted by Crippen LogP contribution is -2.50. The lowest BCUT2D eigenvalue weighted by atomic mass is 9.96. The number of carbonyl (C=O) groups is 1. The maximum absolute atomic E-state index is 12.0. The summed E-state index contributed by atoms with van der Waals surface area (Å²) in [7, 11) is 0. The number of amides is 1. The molecular weight excluding hydrogens is 352 g/mol. The van der Waals surface area contributed by atoms with Gasteiger partial charge in [0.25, 0.3) is 0 Å². The normalized spacial score (nSPS) is 14.9. The second-order valence-electron chi connectivity index (χ2n) is 6.10. The smallest absolute Gasteiger partial charge is 0.248 e. The predicted octanol–water partition coefficient (Wildman–Crippen LogP) is 3.15. The molecule has 0 aliphatic heterocycles. The molecule has 0 bridgehead atoms. The van der Waals surface area contributed by atoms with Crippen LogP contribution in [0.15, 0.2) is 41.4 Å². The van der Waals surface area contributed by atoms with E-state index in [9.17, 15) is 4.79 Å². The standard InChI is InChI=1S/C18H22N4OS2/c23-16(21-22-18(24)20-14-8-2-1-3-9-14)12-25-15-10-4-6-13-7-5-11-19-17(13)15/h4-7,10-11,14H,1-3,8-9,12H2,(H,21,23)(H2,20,22,24). The van der Waals surface area contributed by atoms with Crippen LogP contribution >= 0.6 is 24.0 Å². The van der Waals surface area contributed by atoms with E-state index in [0.29, 0.717) is 16.9 Å². The monoisotopic (exact) mass is 374 g/mol. The van der Waals surface area contributed by atoms with Crippen molar-refractivity contribution in [2.45, 2.75) is 43.0 Å². The summed E-state index contributed by atoms with van der Waals surface area (Å²) in [6.07, 6.45) is 7.82. The summed E-state index contributed by atoms with van der Waals surface area (Å²) >= 11 is 6.71. The summed E-state index contributed by atoms with van der Waals surface area (Å²) in [5, 5.41) is 4.82. The first-order valence-corrected chi connectivity index (χ1v) is 9.93. The number of aromatic nitrogens is 1. The topological polar surface area (TPSA) is 66.0 Å². The zero-order valence-electron chi connectivity index (χ0n) is 14.0. The Labute approximate surface area is 157 Å². The Morgan fingerprint density at radius 3 is 2.80 bits per heavy atom. The van der Waals surface area contributed by atoms with Gasteiger partial charge in [-0.3, -0.25) is 20.6 Å². The third kappa shape index (κ3) is 5.31. The number of nitrogens with one attached hydrogen (secondary N) is 3. The number of rotatable bonds is 4. The number of benzene rings is 1. The number of carbonyl (C=O) groups excluding carboxylic acids is 1. The van der Waals surface area contributed by atoms with Crippen LogP contribution in [0.1, 0.15) is 32.1 Å². The van der Waals surface area contributed by atoms with Gasteiger partial charge in [0, 0.05) is 22.5 Å². The van der Waals surface area contributed by atoms with Gasteiger partial charge in [-0.15, -0.1) is 11.8 Å². The summed E-state index contributed by atoms with van der Waals surface area (Å²) in [6, 6.07) is 10.3. The predicted molar refractivity (Wildman–Crippen MR) is 106 cm³/mol. The summed E-state index contributed by atoms with van der Waals surface area (Å²) in [5.41, 5.74) is 6.37. The third-order valence-corrected chi connectivity index (χ3v) is 5.48. The van der Waals surface area contributed by atoms with Crippen LogP contribution in [0, 0.1) is 0 Å². The number of fused-ring (bicyclic) bond motifs is 1. The molecule has 1 aliphatic carbocycles. The molecule has 1 heterocycles. The molecule has 1 aromatic heterocycles. The summed E-state index contributed by atoms with van der Waals surface area (Å²) < 4.78 is 0. The lowest BCUT2D eigenvalue weighted by molar-refractivity contribution is -0.119. The Bertz CT molecular complexity index is 741. The first kappa shape index (κ1) is 17.9. The number of hydrogen-bond donors (Lipinski definition) is 3. The van der Waals surface area contributed by atoms with Gasteiger partial charge in [0.1, 0.15) is 0 Å². The number of pyridine rings is 1. The van der Waals surface area contributed by atoms with Gasteiger partial charge in [-0.2, -0.15) is 0 Å². The molecule has 0 spiro atoms. The maximum Gasteiger partial charge on any atom is 0.248 e. The van der Waals surface area contributed by atoms with E-state index in [0.717, 1.165) is 28.6 Å². The molecule has 0 radical (unpaired) electrons. The molecule has 1 amide bonds. The highest BCUT2D eigenvalue weighted by atomic mass is 32.2. The van der Waals surface area contributed by atoms with Crippen LogP contribution in [0.5, 0.6) is 0 Å². The largest absolute Gasteiger partial charge is 0.359 e. The van der Waals surface area contributed by atoms with Crippen LogP contribution < -0.4 is 16.2 Å². The molecule has 3 rings (SSSR count). The van der Waals surface area contributed by atoms with Crippen molar-refractivity contribution in [2.24, 2.45) is 0 Å². The minimum Gasteiger partial charge on any atom is -0.359 e. The molecule has 132 valence electrons. The zero-order chi connectivity index (χ0) is 17.5. The van der Waals surface area contributed by atoms with Crippen molar-refractivity contribution in [1.82, 2.24) is 21.2 Å². The molecule has 1 fully saturated rings. The Hall–Kier alpha value is -1.86. The summed E-state index contributed by atoms with van der Waals surface area (Å²) in [6.45, 7) is 0. The molecule has 3 N–H and O–H groups in total. The van der Waals surface area contributed by atoms with Gasteiger partial charge in [0.15, 0.2) is 5.11 Å². The van der Waals surface area contributed by atoms with Crippen molar-refractivity contribution in [2.75, 3.05) is 5.75 Å². The fraction of sp³-hybridized carbons (Fsp3) is 0.389. The molecule has 1 aromatic carbocycles. The second kappa shape index (κ2) is 9.01. The van der Waals surface area contributed by atoms with Gasteiger partial charge in [0.2, 0.25) is 5.91 Å². The van der Waals surface area contributed by atoms with E-state index in [4.69, 9.17) is 12.2 Å². The quantitative estimate of drug-likeness (QED) is 0.434. The fourth-order valence-electron chi connectivity index (χ4n) is 2.97. The van der Waals surface area contributed by atoms with E-state index in [1.54, 1.807) is 6.20 Å². The molecule has 0 unspecified atom stereocenters. The van der Waals surface area contributed by atoms with Gasteiger partial charge < -0.3 is 5.32 Å². The van der Waals surface area contributed by atoms with Gasteiger partial charge >= 0.3 is 0 Å². The van der Waals surface area contributed by atoms with Crippen molar-refractivity contribution < 1.29 is 4.79 Å². The van der Waals surface area contributed by atoms with Crippen molar-refractivity contribution in [3.05, 3.63) is 36.5 Å². The van der Waals surface area contributed by atoms with E-state index in [2.05, 4.69) is 21.2 Å². The van der Waals surface area contributed by atoms with Crippen LogP contribution in [-0.4, -0.2) is 27.8 Å².